The van der Waals surface area contributed by atoms with E-state index in [4.69, 9.17) is 0 Å². The number of nitrogens with zero attached hydrogens (tertiary/aromatic N) is 4. The van der Waals surface area contributed by atoms with Gasteiger partial charge >= 0.3 is 0 Å². The number of rotatable bonds is 4. The maximum Gasteiger partial charge on any atom is 0.291 e. The van der Waals surface area contributed by atoms with Crippen LogP contribution in [-0.4, -0.2) is 26.8 Å². The normalized spacial score (nSPS) is 13.0. The van der Waals surface area contributed by atoms with Crippen molar-refractivity contribution in [3.05, 3.63) is 106 Å². The van der Waals surface area contributed by atoms with Crippen molar-refractivity contribution < 1.29 is 9.18 Å². The van der Waals surface area contributed by atoms with Gasteiger partial charge in [-0.05, 0) is 30.2 Å². The summed E-state index contributed by atoms with van der Waals surface area (Å²) in [5.41, 5.74) is 3.35. The molecule has 0 aliphatic carbocycles. The number of carbonyl (C=O) groups is 1. The number of benzene rings is 3. The first-order valence-electron chi connectivity index (χ1n) is 11.2. The van der Waals surface area contributed by atoms with Crippen molar-refractivity contribution in [3.63, 3.8) is 0 Å². The van der Waals surface area contributed by atoms with E-state index >= 15 is 0 Å². The number of para-hydroxylation sites is 2. The molecule has 6 nitrogen and oxygen atoms in total. The molecule has 1 aliphatic heterocycles. The number of anilines is 1. The van der Waals surface area contributed by atoms with Gasteiger partial charge in [0, 0.05) is 34.1 Å². The fraction of sp³-hybridized carbons (Fsp3) is 0.148. The lowest BCUT2D eigenvalue weighted by atomic mass is 10.2. The van der Waals surface area contributed by atoms with E-state index in [2.05, 4.69) is 5.10 Å². The summed E-state index contributed by atoms with van der Waals surface area (Å²) >= 11 is 0. The lowest BCUT2D eigenvalue weighted by Crippen LogP contribution is -2.36. The Morgan fingerprint density at radius 3 is 2.59 bits per heavy atom. The van der Waals surface area contributed by atoms with E-state index in [1.54, 1.807) is 29.3 Å². The molecule has 6 rings (SSSR count). The zero-order chi connectivity index (χ0) is 23.2. The Morgan fingerprint density at radius 2 is 1.71 bits per heavy atom. The monoisotopic (exact) mass is 452 g/mol. The van der Waals surface area contributed by atoms with Crippen molar-refractivity contribution in [3.8, 4) is 0 Å². The smallest absolute Gasteiger partial charge is 0.291 e. The van der Waals surface area contributed by atoms with Gasteiger partial charge in [-0.25, -0.2) is 9.07 Å². The summed E-state index contributed by atoms with van der Waals surface area (Å²) in [6, 6.07) is 22.0. The molecule has 0 unspecified atom stereocenters. The van der Waals surface area contributed by atoms with Crippen molar-refractivity contribution in [1.82, 2.24) is 14.3 Å². The molecular formula is C27H21FN4O2. The molecule has 0 atom stereocenters. The molecular weight excluding hydrogens is 431 g/mol. The topological polar surface area (TPSA) is 60.1 Å². The van der Waals surface area contributed by atoms with Crippen LogP contribution in [0.2, 0.25) is 0 Å². The molecule has 3 heterocycles. The van der Waals surface area contributed by atoms with Gasteiger partial charge in [0.05, 0.1) is 12.7 Å². The Bertz CT molecular complexity index is 1640. The van der Waals surface area contributed by atoms with Crippen LogP contribution in [0.25, 0.3) is 21.8 Å². The molecule has 5 aromatic rings. The highest BCUT2D eigenvalue weighted by Crippen LogP contribution is 2.29. The van der Waals surface area contributed by atoms with Gasteiger partial charge in [0.15, 0.2) is 0 Å². The third-order valence-electron chi connectivity index (χ3n) is 6.53. The average Bonchev–Trinajstić information content (AvgIpc) is 3.42. The number of hydrogen-bond acceptors (Lipinski definition) is 3. The van der Waals surface area contributed by atoms with Crippen LogP contribution < -0.4 is 10.5 Å². The molecule has 0 saturated heterocycles. The van der Waals surface area contributed by atoms with Crippen molar-refractivity contribution in [2.24, 2.45) is 0 Å². The number of fused-ring (bicyclic) bond motifs is 4. The molecule has 0 fully saturated rings. The van der Waals surface area contributed by atoms with Crippen LogP contribution in [0.1, 0.15) is 11.1 Å². The largest absolute Gasteiger partial charge is 0.331 e. The first-order chi connectivity index (χ1) is 16.6. The molecule has 0 radical (unpaired) electrons. The predicted molar refractivity (Wildman–Crippen MR) is 130 cm³/mol. The van der Waals surface area contributed by atoms with E-state index in [0.717, 1.165) is 28.6 Å². The maximum absolute atomic E-state index is 14.5. The summed E-state index contributed by atoms with van der Waals surface area (Å²) in [6.45, 7) is 0.621. The molecule has 7 heteroatoms. The van der Waals surface area contributed by atoms with Gasteiger partial charge < -0.3 is 9.47 Å². The SMILES string of the molecule is O=C(Cn1ncc2c3ccccc3n(Cc3ccccc3F)c2c1=O)N1CCc2ccccc21. The highest BCUT2D eigenvalue weighted by atomic mass is 19.1. The summed E-state index contributed by atoms with van der Waals surface area (Å²) in [4.78, 5) is 28.4. The third kappa shape index (κ3) is 3.20. The van der Waals surface area contributed by atoms with E-state index in [1.165, 1.54) is 10.7 Å². The zero-order valence-corrected chi connectivity index (χ0v) is 18.3. The molecule has 0 saturated carbocycles. The Labute approximate surface area is 194 Å². The molecule has 0 N–H and O–H groups in total. The van der Waals surface area contributed by atoms with Crippen LogP contribution in [0, 0.1) is 5.82 Å². The first-order valence-corrected chi connectivity index (χ1v) is 11.2. The Morgan fingerprint density at radius 1 is 0.941 bits per heavy atom. The third-order valence-corrected chi connectivity index (χ3v) is 6.53. The minimum atomic E-state index is -0.370. The Balaban J connectivity index is 1.45. The van der Waals surface area contributed by atoms with E-state index in [-0.39, 0.29) is 30.4 Å². The highest BCUT2D eigenvalue weighted by Gasteiger charge is 2.25. The zero-order valence-electron chi connectivity index (χ0n) is 18.3. The molecule has 3 aromatic carbocycles. The maximum atomic E-state index is 14.5. The van der Waals surface area contributed by atoms with Crippen molar-refractivity contribution >= 4 is 33.4 Å². The average molecular weight is 452 g/mol. The molecule has 0 bridgehead atoms. The summed E-state index contributed by atoms with van der Waals surface area (Å²) in [5, 5.41) is 5.88. The fourth-order valence-electron chi connectivity index (χ4n) is 4.88. The highest BCUT2D eigenvalue weighted by molar-refractivity contribution is 6.07. The van der Waals surface area contributed by atoms with E-state index in [9.17, 15) is 14.0 Å². The summed E-state index contributed by atoms with van der Waals surface area (Å²) in [7, 11) is 0. The van der Waals surface area contributed by atoms with Crippen LogP contribution in [0.4, 0.5) is 10.1 Å². The number of halogens is 1. The Hall–Kier alpha value is -4.26. The van der Waals surface area contributed by atoms with Crippen LogP contribution in [0.15, 0.2) is 83.8 Å². The molecule has 168 valence electrons. The Kier molecular flexibility index (Phi) is 4.76. The van der Waals surface area contributed by atoms with Crippen molar-refractivity contribution in [2.75, 3.05) is 11.4 Å². The number of amides is 1. The quantitative estimate of drug-likeness (QED) is 0.412. The van der Waals surface area contributed by atoms with Gasteiger partial charge in [0.25, 0.3) is 5.56 Å². The second-order valence-electron chi connectivity index (χ2n) is 8.49. The van der Waals surface area contributed by atoms with E-state index in [0.29, 0.717) is 23.0 Å². The minimum Gasteiger partial charge on any atom is -0.331 e. The second kappa shape index (κ2) is 7.95. The second-order valence-corrected chi connectivity index (χ2v) is 8.49. The van der Waals surface area contributed by atoms with Gasteiger partial charge in [0.2, 0.25) is 5.91 Å². The predicted octanol–water partition coefficient (Wildman–Crippen LogP) is 4.13. The number of carbonyl (C=O) groups excluding carboxylic acids is 1. The summed E-state index contributed by atoms with van der Waals surface area (Å²) in [5.74, 6) is -0.513. The van der Waals surface area contributed by atoms with Crippen LogP contribution in [0.3, 0.4) is 0 Å². The minimum absolute atomic E-state index is 0.162. The first kappa shape index (κ1) is 20.4. The van der Waals surface area contributed by atoms with Crippen LogP contribution >= 0.6 is 0 Å². The molecule has 1 amide bonds. The summed E-state index contributed by atoms with van der Waals surface area (Å²) in [6.07, 6.45) is 2.42. The van der Waals surface area contributed by atoms with Gasteiger partial charge in [-0.1, -0.05) is 54.6 Å². The lowest BCUT2D eigenvalue weighted by molar-refractivity contribution is -0.119. The van der Waals surface area contributed by atoms with Crippen LogP contribution in [-0.2, 0) is 24.3 Å². The van der Waals surface area contributed by atoms with E-state index in [1.807, 2.05) is 53.1 Å². The molecule has 2 aromatic heterocycles. The van der Waals surface area contributed by atoms with Crippen molar-refractivity contribution in [2.45, 2.75) is 19.5 Å². The van der Waals surface area contributed by atoms with Gasteiger partial charge in [-0.3, -0.25) is 9.59 Å². The number of aromatic nitrogens is 3. The molecule has 1 aliphatic rings. The van der Waals surface area contributed by atoms with Crippen LogP contribution in [0.5, 0.6) is 0 Å². The standard InChI is InChI=1S/C27H21FN4O2/c28-22-10-4-1-8-19(22)16-31-24-12-6-3-9-20(24)21-15-29-32(27(34)26(21)31)17-25(33)30-14-13-18-7-2-5-11-23(18)30/h1-12,15H,13-14,16-17H2. The molecule has 0 spiro atoms. The molecule has 34 heavy (non-hydrogen) atoms. The van der Waals surface area contributed by atoms with Gasteiger partial charge in [-0.2, -0.15) is 5.10 Å². The number of hydrogen-bond donors (Lipinski definition) is 0. The van der Waals surface area contributed by atoms with Crippen molar-refractivity contribution in [1.29, 1.82) is 0 Å². The van der Waals surface area contributed by atoms with Gasteiger partial charge in [0.1, 0.15) is 17.9 Å². The van der Waals surface area contributed by atoms with Gasteiger partial charge in [-0.15, -0.1) is 0 Å². The van der Waals surface area contributed by atoms with E-state index < -0.39 is 0 Å². The fourth-order valence-corrected chi connectivity index (χ4v) is 4.88. The summed E-state index contributed by atoms with van der Waals surface area (Å²) < 4.78 is 17.5. The lowest BCUT2D eigenvalue weighted by Gasteiger charge is -2.17.